The van der Waals surface area contributed by atoms with Gasteiger partial charge in [0.2, 0.25) is 5.91 Å². The second-order valence-corrected chi connectivity index (χ2v) is 11.8. The quantitative estimate of drug-likeness (QED) is 0.422. The van der Waals surface area contributed by atoms with Crippen molar-refractivity contribution in [2.45, 2.75) is 64.8 Å². The van der Waals surface area contributed by atoms with E-state index in [0.29, 0.717) is 25.1 Å². The van der Waals surface area contributed by atoms with E-state index < -0.39 is 41.4 Å². The monoisotopic (exact) mass is 593 g/mol. The predicted octanol–water partition coefficient (Wildman–Crippen LogP) is 2.00. The van der Waals surface area contributed by atoms with Crippen molar-refractivity contribution in [2.24, 2.45) is 11.3 Å². The topological polar surface area (TPSA) is 148 Å². The van der Waals surface area contributed by atoms with Crippen LogP contribution in [0, 0.1) is 11.3 Å². The van der Waals surface area contributed by atoms with Crippen LogP contribution in [0.3, 0.4) is 0 Å². The van der Waals surface area contributed by atoms with Crippen molar-refractivity contribution in [2.75, 3.05) is 26.6 Å². The molecule has 3 aliphatic heterocycles. The molecule has 4 atom stereocenters. The summed E-state index contributed by atoms with van der Waals surface area (Å²) < 4.78 is 16.9. The van der Waals surface area contributed by atoms with Crippen LogP contribution in [0.1, 0.15) is 57.8 Å². The van der Waals surface area contributed by atoms with E-state index >= 15 is 0 Å². The van der Waals surface area contributed by atoms with Crippen LogP contribution in [-0.2, 0) is 33.4 Å². The molecule has 230 valence electrons. The van der Waals surface area contributed by atoms with Gasteiger partial charge in [0.25, 0.3) is 11.8 Å². The predicted molar refractivity (Wildman–Crippen MR) is 157 cm³/mol. The van der Waals surface area contributed by atoms with Gasteiger partial charge in [-0.05, 0) is 50.3 Å². The fraction of sp³-hybridized carbons (Fsp3) is 0.516. The Balaban J connectivity index is 1.53. The second kappa shape index (κ2) is 12.8. The Kier molecular flexibility index (Phi) is 9.09. The zero-order chi connectivity index (χ0) is 30.7. The van der Waals surface area contributed by atoms with Gasteiger partial charge in [0, 0.05) is 11.9 Å². The van der Waals surface area contributed by atoms with Gasteiger partial charge in [-0.25, -0.2) is 5.43 Å². The molecule has 12 nitrogen and oxygen atoms in total. The number of hydrogen-bond acceptors (Lipinski definition) is 9. The molecule has 1 unspecified atom stereocenters. The molecular formula is C31H39N5O7. The minimum atomic E-state index is -1.29. The number of rotatable bonds is 1. The summed E-state index contributed by atoms with van der Waals surface area (Å²) in [7, 11) is 0. The third-order valence-corrected chi connectivity index (χ3v) is 8.02. The van der Waals surface area contributed by atoms with Crippen LogP contribution in [0.15, 0.2) is 36.4 Å². The summed E-state index contributed by atoms with van der Waals surface area (Å²) >= 11 is 0. The normalized spacial score (nSPS) is 28.0. The van der Waals surface area contributed by atoms with Gasteiger partial charge in [-0.3, -0.25) is 29.2 Å². The van der Waals surface area contributed by atoms with E-state index in [4.69, 9.17) is 19.2 Å². The molecule has 3 N–H and O–H groups in total. The van der Waals surface area contributed by atoms with Crippen molar-refractivity contribution in [3.8, 4) is 0 Å². The number of fused-ring (bicyclic) bond motifs is 4. The lowest BCUT2D eigenvalue weighted by molar-refractivity contribution is -0.192. The highest BCUT2D eigenvalue weighted by atomic mass is 16.7. The fourth-order valence-corrected chi connectivity index (χ4v) is 5.42. The van der Waals surface area contributed by atoms with Crippen LogP contribution in [0.4, 0.5) is 0 Å². The van der Waals surface area contributed by atoms with Crippen molar-refractivity contribution >= 4 is 40.7 Å². The van der Waals surface area contributed by atoms with Crippen LogP contribution >= 0.6 is 0 Å². The van der Waals surface area contributed by atoms with Crippen LogP contribution in [0.2, 0.25) is 0 Å². The number of ether oxygens (including phenoxy) is 3. The van der Waals surface area contributed by atoms with Gasteiger partial charge in [-0.2, -0.15) is 0 Å². The summed E-state index contributed by atoms with van der Waals surface area (Å²) in [6.07, 6.45) is 3.46. The molecule has 0 saturated carbocycles. The molecule has 2 saturated heterocycles. The number of nitrogens with one attached hydrogen (secondary N) is 3. The van der Waals surface area contributed by atoms with Gasteiger partial charge < -0.3 is 24.8 Å². The van der Waals surface area contributed by atoms with Gasteiger partial charge in [-0.15, -0.1) is 0 Å². The third-order valence-electron chi connectivity index (χ3n) is 8.02. The number of amides is 3. The zero-order valence-corrected chi connectivity index (χ0v) is 24.9. The third kappa shape index (κ3) is 6.71. The molecule has 3 amide bonds. The second-order valence-electron chi connectivity index (χ2n) is 11.8. The SMILES string of the molecule is CC(C)[C@@H]1OC(=O)C2(/C=C/c3ccc4ccc(nc4c3)[C@@H](C)NC(=O)C3CCCN(N3)C(=O)[C@H](C)NC1=O)COCOC2. The van der Waals surface area contributed by atoms with E-state index in [1.807, 2.05) is 37.3 Å². The molecule has 12 heteroatoms. The number of benzene rings is 1. The van der Waals surface area contributed by atoms with E-state index in [0.717, 1.165) is 16.5 Å². The van der Waals surface area contributed by atoms with Gasteiger partial charge in [0.05, 0.1) is 30.5 Å². The Morgan fingerprint density at radius 3 is 2.44 bits per heavy atom. The average molecular weight is 594 g/mol. The highest BCUT2D eigenvalue weighted by Gasteiger charge is 2.44. The molecule has 0 radical (unpaired) electrons. The number of cyclic esters (lactones) is 1. The minimum absolute atomic E-state index is 0.0125. The van der Waals surface area contributed by atoms with Gasteiger partial charge in [-0.1, -0.05) is 44.2 Å². The lowest BCUT2D eigenvalue weighted by atomic mass is 9.88. The summed E-state index contributed by atoms with van der Waals surface area (Å²) in [6, 6.07) is 7.60. The van der Waals surface area contributed by atoms with Crippen molar-refractivity contribution in [3.63, 3.8) is 0 Å². The summed E-state index contributed by atoms with van der Waals surface area (Å²) in [5.41, 5.74) is 3.92. The number of nitrogens with zero attached hydrogens (tertiary/aromatic N) is 2. The number of carbonyl (C=O) groups excluding carboxylic acids is 4. The van der Waals surface area contributed by atoms with Crippen molar-refractivity contribution < 1.29 is 33.4 Å². The molecular weight excluding hydrogens is 554 g/mol. The first-order valence-corrected chi connectivity index (χ1v) is 14.7. The highest BCUT2D eigenvalue weighted by Crippen LogP contribution is 2.29. The Morgan fingerprint density at radius 2 is 1.70 bits per heavy atom. The van der Waals surface area contributed by atoms with Crippen LogP contribution < -0.4 is 16.1 Å². The van der Waals surface area contributed by atoms with Gasteiger partial charge in [0.1, 0.15) is 24.3 Å². The van der Waals surface area contributed by atoms with E-state index in [9.17, 15) is 19.2 Å². The number of hydrogen-bond donors (Lipinski definition) is 3. The molecule has 5 bridgehead atoms. The molecule has 4 heterocycles. The number of esters is 1. The van der Waals surface area contributed by atoms with Crippen molar-refractivity contribution in [1.82, 2.24) is 26.1 Å². The Labute approximate surface area is 250 Å². The lowest BCUT2D eigenvalue weighted by Crippen LogP contribution is -2.61. The van der Waals surface area contributed by atoms with Crippen LogP contribution in [0.5, 0.6) is 0 Å². The molecule has 43 heavy (non-hydrogen) atoms. The van der Waals surface area contributed by atoms with Crippen LogP contribution in [0.25, 0.3) is 17.0 Å². The fourth-order valence-electron chi connectivity index (χ4n) is 5.42. The maximum Gasteiger partial charge on any atom is 0.321 e. The van der Waals surface area contributed by atoms with E-state index in [1.54, 1.807) is 32.9 Å². The summed E-state index contributed by atoms with van der Waals surface area (Å²) in [5.74, 6) is -2.30. The zero-order valence-electron chi connectivity index (χ0n) is 24.9. The first-order valence-electron chi connectivity index (χ1n) is 14.7. The first-order chi connectivity index (χ1) is 20.6. The summed E-state index contributed by atoms with van der Waals surface area (Å²) in [4.78, 5) is 58.3. The minimum Gasteiger partial charge on any atom is -0.451 e. The average Bonchev–Trinajstić information content (AvgIpc) is 3.01. The number of carbonyl (C=O) groups is 4. The van der Waals surface area contributed by atoms with E-state index in [1.165, 1.54) is 5.01 Å². The van der Waals surface area contributed by atoms with Gasteiger partial charge >= 0.3 is 5.97 Å². The maximum atomic E-state index is 13.7. The van der Waals surface area contributed by atoms with E-state index in [-0.39, 0.29) is 37.9 Å². The summed E-state index contributed by atoms with van der Waals surface area (Å²) in [6.45, 7) is 7.38. The van der Waals surface area contributed by atoms with Gasteiger partial charge in [0.15, 0.2) is 6.10 Å². The molecule has 1 aromatic heterocycles. The first kappa shape index (κ1) is 30.6. The Morgan fingerprint density at radius 1 is 0.977 bits per heavy atom. The molecule has 2 fully saturated rings. The van der Waals surface area contributed by atoms with E-state index in [2.05, 4.69) is 16.1 Å². The number of hydrazine groups is 1. The van der Waals surface area contributed by atoms with Crippen LogP contribution in [-0.4, -0.2) is 78.4 Å². The van der Waals surface area contributed by atoms with Crippen molar-refractivity contribution in [3.05, 3.63) is 47.7 Å². The largest absolute Gasteiger partial charge is 0.451 e. The molecule has 1 spiro atoms. The molecule has 1 aromatic carbocycles. The maximum absolute atomic E-state index is 13.7. The highest BCUT2D eigenvalue weighted by molar-refractivity contribution is 5.92. The van der Waals surface area contributed by atoms with Crippen molar-refractivity contribution in [1.29, 1.82) is 0 Å². The Hall–Kier alpha value is -3.87. The molecule has 5 rings (SSSR count). The molecule has 0 aliphatic carbocycles. The standard InChI is InChI=1S/C31H39N5O7/c1-18(2)26-28(38)33-20(4)29(39)36-13-5-6-24(35-36)27(37)32-19(3)23-10-9-22-8-7-21(14-25(22)34-23)11-12-31(30(40)43-26)15-41-17-42-16-31/h7-12,14,18-20,24,26,35H,5-6,13,15-17H2,1-4H3,(H,32,37)(H,33,38)/b12-11+/t19-,20+,24?,26+/m1/s1. The number of pyridine rings is 1. The summed E-state index contributed by atoms with van der Waals surface area (Å²) in [5, 5.41) is 7.99. The Bertz CT molecular complexity index is 1420. The lowest BCUT2D eigenvalue weighted by Gasteiger charge is -2.36. The smallest absolute Gasteiger partial charge is 0.321 e. The molecule has 3 aliphatic rings. The number of aromatic nitrogens is 1. The molecule has 2 aromatic rings.